The Morgan fingerprint density at radius 1 is 1.12 bits per heavy atom. The number of ether oxygens (including phenoxy) is 1. The lowest BCUT2D eigenvalue weighted by molar-refractivity contribution is 0.0564. The summed E-state index contributed by atoms with van der Waals surface area (Å²) in [5, 5.41) is 0. The number of carbonyl (C=O) groups excluding carboxylic acids is 1. The van der Waals surface area contributed by atoms with Crippen LogP contribution in [0.25, 0.3) is 11.3 Å². The normalized spacial score (nSPS) is 15.8. The Morgan fingerprint density at radius 2 is 1.97 bits per heavy atom. The summed E-state index contributed by atoms with van der Waals surface area (Å²) in [6.07, 6.45) is 9.94. The third kappa shape index (κ3) is 4.66. The molecule has 0 aliphatic carbocycles. The van der Waals surface area contributed by atoms with Gasteiger partial charge in [-0.15, -0.1) is 0 Å². The van der Waals surface area contributed by atoms with Gasteiger partial charge in [-0.3, -0.25) is 4.79 Å². The van der Waals surface area contributed by atoms with Gasteiger partial charge >= 0.3 is 0 Å². The number of oxazole rings is 1. The number of pyridine rings is 1. The zero-order chi connectivity index (χ0) is 23.3. The van der Waals surface area contributed by atoms with Gasteiger partial charge in [-0.25, -0.2) is 19.9 Å². The fraction of sp³-hybridized carbons (Fsp3) is 0.269. The number of hydrogen-bond donors (Lipinski definition) is 0. The van der Waals surface area contributed by atoms with E-state index in [4.69, 9.17) is 9.15 Å². The standard InChI is InChI=1S/C26H25N5O3/c1-33-20-7-4-6-18(12-20)13-21-16-29-25(34-21)24-10-2-3-11-31(24)26(32)23-9-5-8-22(30-23)19-14-27-17-28-15-19/h4-9,12,14-17,24H,2-3,10-11,13H2,1H3. The number of amides is 1. The first-order valence-corrected chi connectivity index (χ1v) is 11.3. The molecule has 1 saturated heterocycles. The predicted molar refractivity (Wildman–Crippen MR) is 125 cm³/mol. The summed E-state index contributed by atoms with van der Waals surface area (Å²) in [4.78, 5) is 32.5. The van der Waals surface area contributed by atoms with Gasteiger partial charge < -0.3 is 14.1 Å². The summed E-state index contributed by atoms with van der Waals surface area (Å²) in [7, 11) is 1.65. The second-order valence-corrected chi connectivity index (χ2v) is 8.24. The second kappa shape index (κ2) is 9.82. The molecule has 1 aliphatic rings. The van der Waals surface area contributed by atoms with E-state index in [9.17, 15) is 4.79 Å². The van der Waals surface area contributed by atoms with Gasteiger partial charge in [0.25, 0.3) is 5.91 Å². The third-order valence-corrected chi connectivity index (χ3v) is 5.96. The Hall–Kier alpha value is -4.07. The fourth-order valence-electron chi connectivity index (χ4n) is 4.27. The summed E-state index contributed by atoms with van der Waals surface area (Å²) in [5.74, 6) is 2.00. The van der Waals surface area contributed by atoms with E-state index in [2.05, 4.69) is 19.9 Å². The van der Waals surface area contributed by atoms with Crippen LogP contribution in [0.15, 0.2) is 71.8 Å². The van der Waals surface area contributed by atoms with E-state index in [0.29, 0.717) is 30.2 Å². The lowest BCUT2D eigenvalue weighted by Gasteiger charge is -2.33. The molecule has 1 amide bonds. The molecule has 8 nitrogen and oxygen atoms in total. The smallest absolute Gasteiger partial charge is 0.273 e. The van der Waals surface area contributed by atoms with Crippen LogP contribution in [0, 0.1) is 0 Å². The van der Waals surface area contributed by atoms with Crippen LogP contribution in [0.1, 0.15) is 53.0 Å². The molecule has 0 saturated carbocycles. The van der Waals surface area contributed by atoms with Crippen molar-refractivity contribution in [2.45, 2.75) is 31.7 Å². The van der Waals surface area contributed by atoms with Crippen LogP contribution in [0.2, 0.25) is 0 Å². The van der Waals surface area contributed by atoms with E-state index in [1.807, 2.05) is 41.3 Å². The van der Waals surface area contributed by atoms with Crippen molar-refractivity contribution in [3.63, 3.8) is 0 Å². The average molecular weight is 456 g/mol. The zero-order valence-corrected chi connectivity index (χ0v) is 18.9. The summed E-state index contributed by atoms with van der Waals surface area (Å²) >= 11 is 0. The molecule has 1 aliphatic heterocycles. The number of methoxy groups -OCH3 is 1. The molecular weight excluding hydrogens is 430 g/mol. The van der Waals surface area contributed by atoms with Crippen LogP contribution in [0.4, 0.5) is 0 Å². The van der Waals surface area contributed by atoms with Crippen molar-refractivity contribution < 1.29 is 13.9 Å². The minimum absolute atomic E-state index is 0.129. The minimum Gasteiger partial charge on any atom is -0.497 e. The maximum absolute atomic E-state index is 13.5. The average Bonchev–Trinajstić information content (AvgIpc) is 3.37. The number of hydrogen-bond acceptors (Lipinski definition) is 7. The molecule has 34 heavy (non-hydrogen) atoms. The largest absolute Gasteiger partial charge is 0.497 e. The highest BCUT2D eigenvalue weighted by molar-refractivity contribution is 5.93. The lowest BCUT2D eigenvalue weighted by Crippen LogP contribution is -2.39. The lowest BCUT2D eigenvalue weighted by atomic mass is 10.0. The molecule has 5 rings (SSSR count). The van der Waals surface area contributed by atoms with Crippen LogP contribution in [0.5, 0.6) is 5.75 Å². The number of piperidine rings is 1. The van der Waals surface area contributed by atoms with Crippen LogP contribution in [-0.4, -0.2) is 44.4 Å². The molecule has 172 valence electrons. The number of benzene rings is 1. The highest BCUT2D eigenvalue weighted by Gasteiger charge is 2.32. The van der Waals surface area contributed by atoms with Gasteiger partial charge in [0.2, 0.25) is 5.89 Å². The van der Waals surface area contributed by atoms with Crippen LogP contribution >= 0.6 is 0 Å². The molecule has 1 unspecified atom stereocenters. The Labute approximate surface area is 197 Å². The number of rotatable bonds is 6. The Morgan fingerprint density at radius 3 is 2.82 bits per heavy atom. The van der Waals surface area contributed by atoms with Crippen molar-refractivity contribution in [1.29, 1.82) is 0 Å². The third-order valence-electron chi connectivity index (χ3n) is 5.96. The molecule has 8 heteroatoms. The van der Waals surface area contributed by atoms with Crippen LogP contribution < -0.4 is 4.74 Å². The van der Waals surface area contributed by atoms with Gasteiger partial charge in [0.1, 0.15) is 29.6 Å². The van der Waals surface area contributed by atoms with Gasteiger partial charge in [-0.05, 0) is 49.1 Å². The van der Waals surface area contributed by atoms with Crippen LogP contribution in [0.3, 0.4) is 0 Å². The molecule has 1 aromatic carbocycles. The van der Waals surface area contributed by atoms with E-state index in [1.54, 1.807) is 31.8 Å². The van der Waals surface area contributed by atoms with E-state index in [-0.39, 0.29) is 11.9 Å². The highest BCUT2D eigenvalue weighted by atomic mass is 16.5. The summed E-state index contributed by atoms with van der Waals surface area (Å²) < 4.78 is 11.4. The summed E-state index contributed by atoms with van der Waals surface area (Å²) in [5.41, 5.74) is 2.89. The number of carbonyl (C=O) groups is 1. The Balaban J connectivity index is 1.36. The predicted octanol–water partition coefficient (Wildman–Crippen LogP) is 4.49. The monoisotopic (exact) mass is 455 g/mol. The molecule has 0 bridgehead atoms. The van der Waals surface area contributed by atoms with Crippen molar-refractivity contribution in [3.8, 4) is 17.0 Å². The summed E-state index contributed by atoms with van der Waals surface area (Å²) in [6.45, 7) is 0.636. The highest BCUT2D eigenvalue weighted by Crippen LogP contribution is 2.32. The topological polar surface area (TPSA) is 94.2 Å². The summed E-state index contributed by atoms with van der Waals surface area (Å²) in [6, 6.07) is 13.1. The van der Waals surface area contributed by atoms with Gasteiger partial charge in [-0.1, -0.05) is 18.2 Å². The Kier molecular flexibility index (Phi) is 6.29. The van der Waals surface area contributed by atoms with Gasteiger partial charge in [-0.2, -0.15) is 0 Å². The van der Waals surface area contributed by atoms with E-state index < -0.39 is 0 Å². The molecular formula is C26H25N5O3. The van der Waals surface area contributed by atoms with Gasteiger partial charge in [0.05, 0.1) is 19.0 Å². The van der Waals surface area contributed by atoms with Crippen LogP contribution in [-0.2, 0) is 6.42 Å². The van der Waals surface area contributed by atoms with Crippen molar-refractivity contribution in [2.75, 3.05) is 13.7 Å². The minimum atomic E-state index is -0.217. The number of aromatic nitrogens is 4. The molecule has 0 spiro atoms. The van der Waals surface area contributed by atoms with E-state index in [0.717, 1.165) is 41.9 Å². The first-order chi connectivity index (χ1) is 16.7. The zero-order valence-electron chi connectivity index (χ0n) is 18.9. The SMILES string of the molecule is COc1cccc(Cc2cnc(C3CCCCN3C(=O)c3cccc(-c4cncnc4)n3)o2)c1. The van der Waals surface area contributed by atoms with Gasteiger partial charge in [0, 0.05) is 30.9 Å². The molecule has 1 fully saturated rings. The quantitative estimate of drug-likeness (QED) is 0.423. The van der Waals surface area contributed by atoms with Crippen molar-refractivity contribution in [2.24, 2.45) is 0 Å². The fourth-order valence-corrected chi connectivity index (χ4v) is 4.27. The van der Waals surface area contributed by atoms with E-state index >= 15 is 0 Å². The molecule has 3 aromatic heterocycles. The second-order valence-electron chi connectivity index (χ2n) is 8.24. The molecule has 0 N–H and O–H groups in total. The van der Waals surface area contributed by atoms with Crippen molar-refractivity contribution in [1.82, 2.24) is 24.8 Å². The Bertz CT molecular complexity index is 1270. The van der Waals surface area contributed by atoms with Crippen molar-refractivity contribution >= 4 is 5.91 Å². The molecule has 4 aromatic rings. The maximum atomic E-state index is 13.5. The number of likely N-dealkylation sites (tertiary alicyclic amines) is 1. The first-order valence-electron chi connectivity index (χ1n) is 11.3. The number of nitrogens with zero attached hydrogens (tertiary/aromatic N) is 5. The molecule has 0 radical (unpaired) electrons. The molecule has 1 atom stereocenters. The molecule has 4 heterocycles. The van der Waals surface area contributed by atoms with Crippen molar-refractivity contribution in [3.05, 3.63) is 90.3 Å². The maximum Gasteiger partial charge on any atom is 0.273 e. The van der Waals surface area contributed by atoms with E-state index in [1.165, 1.54) is 6.33 Å². The van der Waals surface area contributed by atoms with Gasteiger partial charge in [0.15, 0.2) is 0 Å². The first kappa shape index (κ1) is 21.8.